The maximum atomic E-state index is 11.6. The molecule has 6 heteroatoms. The van der Waals surface area contributed by atoms with Crippen LogP contribution in [0.2, 0.25) is 0 Å². The molecule has 0 saturated heterocycles. The molecule has 1 heterocycles. The molecule has 1 aromatic heterocycles. The number of aromatic nitrogens is 1. The third-order valence-corrected chi connectivity index (χ3v) is 2.66. The molecule has 0 aliphatic carbocycles. The fraction of sp³-hybridized carbons (Fsp3) is 0.455. The van der Waals surface area contributed by atoms with Gasteiger partial charge < -0.3 is 4.57 Å². The number of carbonyl (C=O) groups is 1. The highest BCUT2D eigenvalue weighted by molar-refractivity contribution is 5.80. The summed E-state index contributed by atoms with van der Waals surface area (Å²) in [6, 6.07) is 1.10. The number of ketones is 1. The zero-order valence-electron chi connectivity index (χ0n) is 9.75. The van der Waals surface area contributed by atoms with E-state index in [1.165, 1.54) is 10.8 Å². The van der Waals surface area contributed by atoms with E-state index < -0.39 is 16.0 Å². The third-order valence-electron chi connectivity index (χ3n) is 2.66. The normalized spacial score (nSPS) is 12.1. The number of nitro groups is 1. The van der Waals surface area contributed by atoms with E-state index in [2.05, 4.69) is 0 Å². The van der Waals surface area contributed by atoms with E-state index in [4.69, 9.17) is 0 Å². The summed E-state index contributed by atoms with van der Waals surface area (Å²) >= 11 is 0. The lowest BCUT2D eigenvalue weighted by Crippen LogP contribution is -2.19. The van der Waals surface area contributed by atoms with Gasteiger partial charge in [0.25, 0.3) is 5.43 Å². The summed E-state index contributed by atoms with van der Waals surface area (Å²) in [6.45, 7) is 3.76. The second kappa shape index (κ2) is 5.38. The number of nitrogens with zero attached hydrogens (tertiary/aromatic N) is 2. The van der Waals surface area contributed by atoms with E-state index in [1.54, 1.807) is 6.92 Å². The molecule has 1 aromatic rings. The highest BCUT2D eigenvalue weighted by Crippen LogP contribution is 2.07. The van der Waals surface area contributed by atoms with Crippen LogP contribution in [0.25, 0.3) is 0 Å². The molecule has 0 N–H and O–H groups in total. The summed E-state index contributed by atoms with van der Waals surface area (Å²) in [5.74, 6) is -0.0982. The Labute approximate surface area is 98.0 Å². The van der Waals surface area contributed by atoms with Crippen LogP contribution in [-0.2, 0) is 11.3 Å². The van der Waals surface area contributed by atoms with Gasteiger partial charge in [-0.25, -0.2) is 0 Å². The van der Waals surface area contributed by atoms with Crippen LogP contribution < -0.4 is 5.43 Å². The van der Waals surface area contributed by atoms with Gasteiger partial charge in [-0.05, 0) is 6.42 Å². The van der Waals surface area contributed by atoms with Gasteiger partial charge in [-0.15, -0.1) is 0 Å². The van der Waals surface area contributed by atoms with Gasteiger partial charge in [-0.2, -0.15) is 0 Å². The van der Waals surface area contributed by atoms with Gasteiger partial charge in [0.15, 0.2) is 5.78 Å². The molecule has 1 rings (SSSR count). The molecule has 6 nitrogen and oxygen atoms in total. The van der Waals surface area contributed by atoms with Crippen LogP contribution in [0.1, 0.15) is 20.3 Å². The minimum atomic E-state index is -0.743. The zero-order valence-corrected chi connectivity index (χ0v) is 9.75. The smallest absolute Gasteiger partial charge is 0.332 e. The highest BCUT2D eigenvalue weighted by Gasteiger charge is 2.15. The van der Waals surface area contributed by atoms with Crippen molar-refractivity contribution in [2.45, 2.75) is 26.8 Å². The molecule has 1 atom stereocenters. The Morgan fingerprint density at radius 3 is 2.76 bits per heavy atom. The quantitative estimate of drug-likeness (QED) is 0.573. The Bertz CT molecular complexity index is 492. The van der Waals surface area contributed by atoms with Crippen LogP contribution in [0.15, 0.2) is 23.3 Å². The maximum absolute atomic E-state index is 11.6. The molecule has 0 fully saturated rings. The number of pyridine rings is 1. The van der Waals surface area contributed by atoms with Crippen molar-refractivity contribution in [3.8, 4) is 0 Å². The van der Waals surface area contributed by atoms with E-state index in [0.717, 1.165) is 18.7 Å². The Kier molecular flexibility index (Phi) is 4.14. The SMILES string of the molecule is CCC(C)C(=O)Cn1ccc(=O)c([N+](=O)[O-])c1. The van der Waals surface area contributed by atoms with E-state index in [1.807, 2.05) is 6.92 Å². The summed E-state index contributed by atoms with van der Waals surface area (Å²) in [5, 5.41) is 10.6. The fourth-order valence-corrected chi connectivity index (χ4v) is 1.31. The van der Waals surface area contributed by atoms with Crippen LogP contribution in [0, 0.1) is 16.0 Å². The van der Waals surface area contributed by atoms with Crippen LogP contribution >= 0.6 is 0 Å². The van der Waals surface area contributed by atoms with E-state index in [0.29, 0.717) is 0 Å². The minimum absolute atomic E-state index is 0.00885. The molecule has 0 saturated carbocycles. The first-order valence-electron chi connectivity index (χ1n) is 5.33. The Hall–Kier alpha value is -1.98. The van der Waals surface area contributed by atoms with Gasteiger partial charge in [0.05, 0.1) is 17.7 Å². The molecule has 0 amide bonds. The second-order valence-corrected chi connectivity index (χ2v) is 3.90. The highest BCUT2D eigenvalue weighted by atomic mass is 16.6. The molecule has 1 unspecified atom stereocenters. The van der Waals surface area contributed by atoms with Crippen molar-refractivity contribution >= 4 is 11.5 Å². The average Bonchev–Trinajstić information content (AvgIpc) is 2.30. The van der Waals surface area contributed by atoms with Crippen molar-refractivity contribution in [3.05, 3.63) is 38.8 Å². The predicted molar refractivity (Wildman–Crippen MR) is 61.8 cm³/mol. The van der Waals surface area contributed by atoms with E-state index in [-0.39, 0.29) is 18.2 Å². The van der Waals surface area contributed by atoms with Crippen LogP contribution in [-0.4, -0.2) is 15.3 Å². The lowest BCUT2D eigenvalue weighted by molar-refractivity contribution is -0.386. The molecule has 17 heavy (non-hydrogen) atoms. The second-order valence-electron chi connectivity index (χ2n) is 3.90. The van der Waals surface area contributed by atoms with Crippen molar-refractivity contribution in [3.63, 3.8) is 0 Å². The van der Waals surface area contributed by atoms with Crippen molar-refractivity contribution < 1.29 is 9.72 Å². The molecule has 0 radical (unpaired) electrons. The molecule has 0 bridgehead atoms. The summed E-state index contributed by atoms with van der Waals surface area (Å²) < 4.78 is 1.37. The number of hydrogen-bond donors (Lipinski definition) is 0. The number of carbonyl (C=O) groups excluding carboxylic acids is 1. The van der Waals surface area contributed by atoms with Crippen molar-refractivity contribution in [2.75, 3.05) is 0 Å². The molecule has 92 valence electrons. The van der Waals surface area contributed by atoms with Crippen LogP contribution in [0.4, 0.5) is 5.69 Å². The third kappa shape index (κ3) is 3.24. The first-order valence-corrected chi connectivity index (χ1v) is 5.33. The molecule has 0 aromatic carbocycles. The molecule has 0 aliphatic heterocycles. The van der Waals surface area contributed by atoms with E-state index >= 15 is 0 Å². The Morgan fingerprint density at radius 2 is 2.24 bits per heavy atom. The lowest BCUT2D eigenvalue weighted by Gasteiger charge is -2.09. The minimum Gasteiger partial charge on any atom is -0.341 e. The van der Waals surface area contributed by atoms with E-state index in [9.17, 15) is 19.7 Å². The number of Topliss-reactive ketones (excluding diaryl/α,β-unsaturated/α-hetero) is 1. The van der Waals surface area contributed by atoms with Crippen molar-refractivity contribution in [2.24, 2.45) is 5.92 Å². The van der Waals surface area contributed by atoms with Crippen molar-refractivity contribution in [1.82, 2.24) is 4.57 Å². The van der Waals surface area contributed by atoms with Gasteiger partial charge in [-0.1, -0.05) is 13.8 Å². The largest absolute Gasteiger partial charge is 0.341 e. The monoisotopic (exact) mass is 238 g/mol. The summed E-state index contributed by atoms with van der Waals surface area (Å²) in [6.07, 6.45) is 3.21. The predicted octanol–water partition coefficient (Wildman–Crippen LogP) is 1.37. The Balaban J connectivity index is 2.94. The molecular weight excluding hydrogens is 224 g/mol. The first kappa shape index (κ1) is 13.1. The summed E-state index contributed by atoms with van der Waals surface area (Å²) in [5.41, 5.74) is -1.16. The summed E-state index contributed by atoms with van der Waals surface area (Å²) in [4.78, 5) is 32.6. The molecule has 0 spiro atoms. The van der Waals surface area contributed by atoms with Crippen LogP contribution in [0.5, 0.6) is 0 Å². The molecule has 0 aliphatic rings. The topological polar surface area (TPSA) is 82.2 Å². The Morgan fingerprint density at radius 1 is 1.59 bits per heavy atom. The lowest BCUT2D eigenvalue weighted by atomic mass is 10.0. The van der Waals surface area contributed by atoms with Gasteiger partial charge in [0.2, 0.25) is 0 Å². The summed E-state index contributed by atoms with van der Waals surface area (Å²) in [7, 11) is 0. The first-order chi connectivity index (χ1) is 7.95. The van der Waals surface area contributed by atoms with Gasteiger partial charge in [0, 0.05) is 18.2 Å². The van der Waals surface area contributed by atoms with Gasteiger partial charge >= 0.3 is 5.69 Å². The van der Waals surface area contributed by atoms with Crippen molar-refractivity contribution in [1.29, 1.82) is 0 Å². The zero-order chi connectivity index (χ0) is 13.0. The molecular formula is C11H14N2O4. The standard InChI is InChI=1S/C11H14N2O4/c1-3-8(2)11(15)7-12-5-4-10(14)9(6-12)13(16)17/h4-6,8H,3,7H2,1-2H3. The average molecular weight is 238 g/mol. The van der Waals surface area contributed by atoms with Gasteiger partial charge in [-0.3, -0.25) is 19.7 Å². The number of hydrogen-bond acceptors (Lipinski definition) is 4. The maximum Gasteiger partial charge on any atom is 0.332 e. The van der Waals surface area contributed by atoms with Crippen LogP contribution in [0.3, 0.4) is 0 Å². The number of rotatable bonds is 5. The fourth-order valence-electron chi connectivity index (χ4n) is 1.31. The van der Waals surface area contributed by atoms with Gasteiger partial charge in [0.1, 0.15) is 0 Å².